The number of benzene rings is 2. The summed E-state index contributed by atoms with van der Waals surface area (Å²) in [5, 5.41) is 0. The second-order valence-electron chi connectivity index (χ2n) is 6.32. The van der Waals surface area contributed by atoms with Crippen LogP contribution in [0.1, 0.15) is 12.0 Å². The van der Waals surface area contributed by atoms with E-state index in [1.54, 1.807) is 29.2 Å². The number of fused-ring (bicyclic) bond motifs is 2. The third kappa shape index (κ3) is 3.36. The molecule has 0 radical (unpaired) electrons. The first-order valence-corrected chi connectivity index (χ1v) is 8.76. The fourth-order valence-corrected chi connectivity index (χ4v) is 3.32. The first-order chi connectivity index (χ1) is 13.1. The summed E-state index contributed by atoms with van der Waals surface area (Å²) >= 11 is 0. The van der Waals surface area contributed by atoms with E-state index in [2.05, 4.69) is 0 Å². The van der Waals surface area contributed by atoms with Crippen LogP contribution in [0.4, 0.5) is 5.69 Å². The van der Waals surface area contributed by atoms with E-state index in [1.165, 1.54) is 4.57 Å². The van der Waals surface area contributed by atoms with E-state index < -0.39 is 11.7 Å². The fraction of sp³-hybridized carbons (Fsp3) is 0.250. The molecule has 138 valence electrons. The highest BCUT2D eigenvalue weighted by Gasteiger charge is 2.24. The van der Waals surface area contributed by atoms with Crippen molar-refractivity contribution >= 4 is 28.7 Å². The van der Waals surface area contributed by atoms with Crippen molar-refractivity contribution < 1.29 is 18.7 Å². The molecule has 7 nitrogen and oxygen atoms in total. The summed E-state index contributed by atoms with van der Waals surface area (Å²) in [5.74, 6) is -1.30. The van der Waals surface area contributed by atoms with Crippen molar-refractivity contribution in [3.05, 3.63) is 64.6 Å². The smallest absolute Gasteiger partial charge is 0.419 e. The fourth-order valence-electron chi connectivity index (χ4n) is 3.32. The van der Waals surface area contributed by atoms with Gasteiger partial charge in [0.15, 0.2) is 12.2 Å². The van der Waals surface area contributed by atoms with Crippen LogP contribution in [0.2, 0.25) is 0 Å². The second kappa shape index (κ2) is 7.11. The lowest BCUT2D eigenvalue weighted by atomic mass is 10.2. The molecule has 0 spiro atoms. The quantitative estimate of drug-likeness (QED) is 0.646. The number of oxazole rings is 1. The Morgan fingerprint density at radius 3 is 2.74 bits per heavy atom. The number of hydrogen-bond acceptors (Lipinski definition) is 5. The van der Waals surface area contributed by atoms with Crippen molar-refractivity contribution in [3.63, 3.8) is 0 Å². The van der Waals surface area contributed by atoms with Gasteiger partial charge < -0.3 is 14.1 Å². The van der Waals surface area contributed by atoms with Crippen molar-refractivity contribution in [1.29, 1.82) is 0 Å². The lowest BCUT2D eigenvalue weighted by Crippen LogP contribution is -2.33. The van der Waals surface area contributed by atoms with Crippen LogP contribution in [0, 0.1) is 0 Å². The zero-order valence-corrected chi connectivity index (χ0v) is 14.6. The van der Waals surface area contributed by atoms with E-state index in [9.17, 15) is 14.4 Å². The number of anilines is 1. The van der Waals surface area contributed by atoms with Gasteiger partial charge in [0.1, 0.15) is 0 Å². The molecule has 2 heterocycles. The Morgan fingerprint density at radius 1 is 1.07 bits per heavy atom. The molecule has 3 aromatic rings. The molecule has 27 heavy (non-hydrogen) atoms. The molecule has 1 aliphatic rings. The number of carbonyl (C=O) groups is 2. The lowest BCUT2D eigenvalue weighted by Gasteiger charge is -2.17. The summed E-state index contributed by atoms with van der Waals surface area (Å²) in [7, 11) is 0. The number of hydrogen-bond donors (Lipinski definition) is 0. The van der Waals surface area contributed by atoms with Gasteiger partial charge in [-0.05, 0) is 30.2 Å². The summed E-state index contributed by atoms with van der Waals surface area (Å²) in [6.45, 7) is 0.412. The summed E-state index contributed by atoms with van der Waals surface area (Å²) in [6, 6.07) is 14.7. The molecule has 0 unspecified atom stereocenters. The van der Waals surface area contributed by atoms with Gasteiger partial charge in [0.05, 0.1) is 11.9 Å². The first kappa shape index (κ1) is 17.1. The maximum atomic E-state index is 12.4. The molecular weight excluding hydrogens is 348 g/mol. The minimum absolute atomic E-state index is 0.0205. The van der Waals surface area contributed by atoms with Gasteiger partial charge in [-0.1, -0.05) is 30.3 Å². The van der Waals surface area contributed by atoms with Crippen LogP contribution in [0.5, 0.6) is 0 Å². The number of ether oxygens (including phenoxy) is 1. The molecule has 0 fully saturated rings. The van der Waals surface area contributed by atoms with Crippen molar-refractivity contribution in [2.45, 2.75) is 19.4 Å². The second-order valence-corrected chi connectivity index (χ2v) is 6.32. The number of esters is 1. The Bertz CT molecular complexity index is 1070. The van der Waals surface area contributed by atoms with E-state index in [-0.39, 0.29) is 25.5 Å². The Balaban J connectivity index is 1.33. The van der Waals surface area contributed by atoms with Crippen molar-refractivity contribution in [2.24, 2.45) is 0 Å². The summed E-state index contributed by atoms with van der Waals surface area (Å²) in [6.07, 6.45) is 0.777. The van der Waals surface area contributed by atoms with Crippen LogP contribution in [-0.2, 0) is 27.3 Å². The lowest BCUT2D eigenvalue weighted by molar-refractivity contribution is -0.148. The van der Waals surface area contributed by atoms with Gasteiger partial charge >= 0.3 is 11.7 Å². The minimum atomic E-state index is -0.534. The molecule has 0 saturated carbocycles. The Morgan fingerprint density at radius 2 is 1.85 bits per heavy atom. The van der Waals surface area contributed by atoms with Crippen molar-refractivity contribution in [2.75, 3.05) is 18.1 Å². The largest absolute Gasteiger partial charge is 0.455 e. The van der Waals surface area contributed by atoms with Gasteiger partial charge in [-0.15, -0.1) is 0 Å². The average Bonchev–Trinajstić information content (AvgIpc) is 3.25. The van der Waals surface area contributed by atoms with E-state index in [1.807, 2.05) is 24.3 Å². The first-order valence-electron chi connectivity index (χ1n) is 8.76. The molecule has 1 aromatic heterocycles. The number of para-hydroxylation sites is 3. The number of aryl methyl sites for hydroxylation is 1. The molecule has 0 bridgehead atoms. The van der Waals surface area contributed by atoms with Gasteiger partial charge in [0.2, 0.25) is 0 Å². The predicted octanol–water partition coefficient (Wildman–Crippen LogP) is 2.12. The topological polar surface area (TPSA) is 81.7 Å². The normalized spacial score (nSPS) is 13.0. The molecule has 0 saturated heterocycles. The Labute approximate surface area is 154 Å². The van der Waals surface area contributed by atoms with Gasteiger partial charge in [-0.25, -0.2) is 4.79 Å². The van der Waals surface area contributed by atoms with Crippen LogP contribution >= 0.6 is 0 Å². The van der Waals surface area contributed by atoms with E-state index in [0.717, 1.165) is 17.7 Å². The highest BCUT2D eigenvalue weighted by atomic mass is 16.5. The van der Waals surface area contributed by atoms with E-state index >= 15 is 0 Å². The SMILES string of the molecule is O=C(CCn1c(=O)oc2ccccc21)OCC(=O)N1CCc2ccccc21. The molecule has 2 aromatic carbocycles. The maximum absolute atomic E-state index is 12.4. The molecule has 4 rings (SSSR count). The number of amides is 1. The van der Waals surface area contributed by atoms with Gasteiger partial charge in [0, 0.05) is 18.8 Å². The Hall–Kier alpha value is -3.35. The third-order valence-corrected chi connectivity index (χ3v) is 4.66. The standard InChI is InChI=1S/C20H18N2O5/c23-18(21-11-9-14-5-1-2-6-15(14)21)13-26-19(24)10-12-22-16-7-3-4-8-17(16)27-20(22)25/h1-8H,9-13H2. The molecule has 1 aliphatic heterocycles. The third-order valence-electron chi connectivity index (χ3n) is 4.66. The summed E-state index contributed by atoms with van der Waals surface area (Å²) in [5.41, 5.74) is 3.08. The molecule has 0 aliphatic carbocycles. The number of nitrogens with zero attached hydrogens (tertiary/aromatic N) is 2. The molecule has 0 N–H and O–H groups in total. The van der Waals surface area contributed by atoms with Crippen molar-refractivity contribution in [3.8, 4) is 0 Å². The predicted molar refractivity (Wildman–Crippen MR) is 98.5 cm³/mol. The summed E-state index contributed by atoms with van der Waals surface area (Å²) in [4.78, 5) is 37.9. The molecule has 1 amide bonds. The van der Waals surface area contributed by atoms with Gasteiger partial charge in [-0.3, -0.25) is 14.2 Å². The van der Waals surface area contributed by atoms with Crippen LogP contribution in [-0.4, -0.2) is 29.6 Å². The Kier molecular flexibility index (Phi) is 4.50. The van der Waals surface area contributed by atoms with Crippen LogP contribution in [0.3, 0.4) is 0 Å². The van der Waals surface area contributed by atoms with Gasteiger partial charge in [0.25, 0.3) is 5.91 Å². The maximum Gasteiger partial charge on any atom is 0.419 e. The monoisotopic (exact) mass is 366 g/mol. The number of aromatic nitrogens is 1. The highest BCUT2D eigenvalue weighted by Crippen LogP contribution is 2.27. The van der Waals surface area contributed by atoms with E-state index in [0.29, 0.717) is 17.6 Å². The number of carbonyl (C=O) groups excluding carboxylic acids is 2. The van der Waals surface area contributed by atoms with Gasteiger partial charge in [-0.2, -0.15) is 0 Å². The van der Waals surface area contributed by atoms with Crippen molar-refractivity contribution in [1.82, 2.24) is 4.57 Å². The van der Waals surface area contributed by atoms with Crippen LogP contribution in [0.15, 0.2) is 57.7 Å². The highest BCUT2D eigenvalue weighted by molar-refractivity contribution is 5.97. The zero-order chi connectivity index (χ0) is 18.8. The molecule has 0 atom stereocenters. The van der Waals surface area contributed by atoms with Crippen LogP contribution in [0.25, 0.3) is 11.1 Å². The minimum Gasteiger partial charge on any atom is -0.455 e. The number of rotatable bonds is 5. The average molecular weight is 366 g/mol. The molecular formula is C20H18N2O5. The van der Waals surface area contributed by atoms with E-state index in [4.69, 9.17) is 9.15 Å². The molecule has 7 heteroatoms. The summed E-state index contributed by atoms with van der Waals surface area (Å²) < 4.78 is 11.6. The van der Waals surface area contributed by atoms with Crippen LogP contribution < -0.4 is 10.7 Å². The zero-order valence-electron chi connectivity index (χ0n) is 14.6.